The van der Waals surface area contributed by atoms with E-state index in [1.807, 2.05) is 0 Å². The second-order valence-corrected chi connectivity index (χ2v) is 5.09. The van der Waals surface area contributed by atoms with Crippen LogP contribution in [-0.4, -0.2) is 30.1 Å². The first kappa shape index (κ1) is 15.3. The van der Waals surface area contributed by atoms with Crippen LogP contribution in [0.15, 0.2) is 6.07 Å². The Morgan fingerprint density at radius 3 is 2.65 bits per heavy atom. The van der Waals surface area contributed by atoms with Crippen molar-refractivity contribution in [2.24, 2.45) is 5.92 Å². The highest BCUT2D eigenvalue weighted by atomic mass is 19.4. The zero-order valence-electron chi connectivity index (χ0n) is 11.6. The standard InChI is InChI=1S/C13H19F3N2O2/c1-9(10-3-5-20-6-4-10)18-12(13(14,15)16)7-11(17-18)8-19-2/h7,9-10H,3-6,8H2,1-2H3. The van der Waals surface area contributed by atoms with E-state index in [2.05, 4.69) is 5.10 Å². The predicted molar refractivity (Wildman–Crippen MR) is 66.2 cm³/mol. The van der Waals surface area contributed by atoms with Crippen LogP contribution in [0.4, 0.5) is 13.2 Å². The summed E-state index contributed by atoms with van der Waals surface area (Å²) in [6.45, 7) is 3.07. The third kappa shape index (κ3) is 3.32. The number of aromatic nitrogens is 2. The van der Waals surface area contributed by atoms with Gasteiger partial charge < -0.3 is 9.47 Å². The van der Waals surface area contributed by atoms with E-state index in [-0.39, 0.29) is 18.6 Å². The van der Waals surface area contributed by atoms with Crippen molar-refractivity contribution in [3.63, 3.8) is 0 Å². The molecule has 1 unspecified atom stereocenters. The molecule has 1 saturated heterocycles. The smallest absolute Gasteiger partial charge is 0.381 e. The Kier molecular flexibility index (Phi) is 4.70. The fraction of sp³-hybridized carbons (Fsp3) is 0.769. The van der Waals surface area contributed by atoms with E-state index in [4.69, 9.17) is 9.47 Å². The van der Waals surface area contributed by atoms with Crippen molar-refractivity contribution >= 4 is 0 Å². The number of nitrogens with zero attached hydrogens (tertiary/aromatic N) is 2. The summed E-state index contributed by atoms with van der Waals surface area (Å²) in [5.74, 6) is 0.153. The summed E-state index contributed by atoms with van der Waals surface area (Å²) < 4.78 is 50.5. The van der Waals surface area contributed by atoms with E-state index in [0.717, 1.165) is 23.6 Å². The number of ether oxygens (including phenoxy) is 2. The molecule has 1 fully saturated rings. The molecule has 0 aromatic carbocycles. The molecule has 1 aliphatic rings. The van der Waals surface area contributed by atoms with Crippen LogP contribution in [0.2, 0.25) is 0 Å². The van der Waals surface area contributed by atoms with Gasteiger partial charge in [0.1, 0.15) is 5.69 Å². The van der Waals surface area contributed by atoms with Crippen LogP contribution in [-0.2, 0) is 22.3 Å². The molecule has 7 heteroatoms. The molecule has 2 rings (SSSR count). The summed E-state index contributed by atoms with van der Waals surface area (Å²) in [5.41, 5.74) is -0.401. The normalized spacial score (nSPS) is 19.2. The number of methoxy groups -OCH3 is 1. The highest BCUT2D eigenvalue weighted by Gasteiger charge is 2.38. The van der Waals surface area contributed by atoms with Crippen molar-refractivity contribution in [3.8, 4) is 0 Å². The van der Waals surface area contributed by atoms with Crippen molar-refractivity contribution in [2.45, 2.75) is 38.6 Å². The van der Waals surface area contributed by atoms with E-state index in [1.54, 1.807) is 6.92 Å². The van der Waals surface area contributed by atoms with Gasteiger partial charge in [0, 0.05) is 20.3 Å². The molecule has 0 radical (unpaired) electrons. The van der Waals surface area contributed by atoms with Crippen LogP contribution in [0.1, 0.15) is 37.2 Å². The molecule has 1 aliphatic heterocycles. The SMILES string of the molecule is COCc1cc(C(F)(F)F)n(C(C)C2CCOCC2)n1. The molecular formula is C13H19F3N2O2. The minimum atomic E-state index is -4.40. The fourth-order valence-corrected chi connectivity index (χ4v) is 2.58. The lowest BCUT2D eigenvalue weighted by Gasteiger charge is -2.29. The number of rotatable bonds is 4. The van der Waals surface area contributed by atoms with Gasteiger partial charge in [0.25, 0.3) is 0 Å². The molecule has 114 valence electrons. The number of halogens is 3. The lowest BCUT2D eigenvalue weighted by atomic mass is 9.93. The number of alkyl halides is 3. The monoisotopic (exact) mass is 292 g/mol. The Morgan fingerprint density at radius 2 is 2.10 bits per heavy atom. The summed E-state index contributed by atoms with van der Waals surface area (Å²) in [5, 5.41) is 4.07. The first-order valence-corrected chi connectivity index (χ1v) is 6.65. The molecule has 0 spiro atoms. The Bertz CT molecular complexity index is 439. The van der Waals surface area contributed by atoms with Crippen LogP contribution in [0.25, 0.3) is 0 Å². The van der Waals surface area contributed by atoms with Gasteiger partial charge in [-0.25, -0.2) is 0 Å². The van der Waals surface area contributed by atoms with Gasteiger partial charge >= 0.3 is 6.18 Å². The maximum Gasteiger partial charge on any atom is 0.433 e. The molecule has 4 nitrogen and oxygen atoms in total. The molecule has 0 amide bonds. The molecular weight excluding hydrogens is 273 g/mol. The van der Waals surface area contributed by atoms with E-state index >= 15 is 0 Å². The van der Waals surface area contributed by atoms with Crippen LogP contribution in [0.5, 0.6) is 0 Å². The lowest BCUT2D eigenvalue weighted by molar-refractivity contribution is -0.145. The van der Waals surface area contributed by atoms with Crippen molar-refractivity contribution in [3.05, 3.63) is 17.5 Å². The van der Waals surface area contributed by atoms with Crippen LogP contribution >= 0.6 is 0 Å². The molecule has 1 aromatic heterocycles. The quantitative estimate of drug-likeness (QED) is 0.856. The molecule has 0 aliphatic carbocycles. The van der Waals surface area contributed by atoms with Crippen molar-refractivity contribution in [2.75, 3.05) is 20.3 Å². The third-order valence-corrected chi connectivity index (χ3v) is 3.70. The van der Waals surface area contributed by atoms with Crippen LogP contribution in [0, 0.1) is 5.92 Å². The van der Waals surface area contributed by atoms with Gasteiger partial charge in [-0.15, -0.1) is 0 Å². The average molecular weight is 292 g/mol. The van der Waals surface area contributed by atoms with Gasteiger partial charge in [-0.1, -0.05) is 0 Å². The molecule has 1 aromatic rings. The molecule has 0 N–H and O–H groups in total. The van der Waals surface area contributed by atoms with Crippen molar-refractivity contribution in [1.29, 1.82) is 0 Å². The highest BCUT2D eigenvalue weighted by molar-refractivity contribution is 5.14. The summed E-state index contributed by atoms with van der Waals surface area (Å²) in [4.78, 5) is 0. The zero-order valence-corrected chi connectivity index (χ0v) is 11.6. The maximum atomic E-state index is 13.1. The molecule has 0 saturated carbocycles. The molecule has 2 heterocycles. The Labute approximate surface area is 115 Å². The molecule has 0 bridgehead atoms. The summed E-state index contributed by atoms with van der Waals surface area (Å²) >= 11 is 0. The van der Waals surface area contributed by atoms with Crippen molar-refractivity contribution in [1.82, 2.24) is 9.78 Å². The Morgan fingerprint density at radius 1 is 1.45 bits per heavy atom. The minimum Gasteiger partial charge on any atom is -0.381 e. The lowest BCUT2D eigenvalue weighted by Crippen LogP contribution is -2.27. The van der Waals surface area contributed by atoms with Crippen LogP contribution < -0.4 is 0 Å². The number of hydrogen-bond donors (Lipinski definition) is 0. The van der Waals surface area contributed by atoms with E-state index in [9.17, 15) is 13.2 Å². The topological polar surface area (TPSA) is 36.3 Å². The first-order chi connectivity index (χ1) is 9.43. The Hall–Kier alpha value is -1.08. The fourth-order valence-electron chi connectivity index (χ4n) is 2.58. The summed E-state index contributed by atoms with van der Waals surface area (Å²) in [6.07, 6.45) is -2.88. The second-order valence-electron chi connectivity index (χ2n) is 5.09. The van der Waals surface area contributed by atoms with Gasteiger partial charge in [0.2, 0.25) is 0 Å². The van der Waals surface area contributed by atoms with E-state index < -0.39 is 11.9 Å². The van der Waals surface area contributed by atoms with E-state index in [0.29, 0.717) is 18.9 Å². The summed E-state index contributed by atoms with van der Waals surface area (Å²) in [7, 11) is 1.44. The van der Waals surface area contributed by atoms with Gasteiger partial charge in [-0.2, -0.15) is 18.3 Å². The Balaban J connectivity index is 2.27. The van der Waals surface area contributed by atoms with Gasteiger partial charge in [-0.3, -0.25) is 4.68 Å². The van der Waals surface area contributed by atoms with Crippen LogP contribution in [0.3, 0.4) is 0 Å². The third-order valence-electron chi connectivity index (χ3n) is 3.70. The summed E-state index contributed by atoms with van der Waals surface area (Å²) in [6, 6.07) is 0.764. The largest absolute Gasteiger partial charge is 0.433 e. The van der Waals surface area contributed by atoms with Gasteiger partial charge in [0.05, 0.1) is 18.3 Å². The average Bonchev–Trinajstić information content (AvgIpc) is 2.83. The van der Waals surface area contributed by atoms with Gasteiger partial charge in [-0.05, 0) is 31.7 Å². The van der Waals surface area contributed by atoms with Gasteiger partial charge in [0.15, 0.2) is 0 Å². The number of hydrogen-bond acceptors (Lipinski definition) is 3. The molecule has 20 heavy (non-hydrogen) atoms. The predicted octanol–water partition coefficient (Wildman–Crippen LogP) is 3.04. The first-order valence-electron chi connectivity index (χ1n) is 6.65. The molecule has 1 atom stereocenters. The second kappa shape index (κ2) is 6.13. The maximum absolute atomic E-state index is 13.1. The zero-order chi connectivity index (χ0) is 14.8. The minimum absolute atomic E-state index is 0.0799. The highest BCUT2D eigenvalue weighted by Crippen LogP contribution is 2.35. The van der Waals surface area contributed by atoms with E-state index in [1.165, 1.54) is 7.11 Å². The van der Waals surface area contributed by atoms with Crippen molar-refractivity contribution < 1.29 is 22.6 Å².